The highest BCUT2D eigenvalue weighted by molar-refractivity contribution is 5.83. The van der Waals surface area contributed by atoms with E-state index >= 15 is 0 Å². The van der Waals surface area contributed by atoms with Gasteiger partial charge in [-0.25, -0.2) is 0 Å². The number of benzene rings is 1. The Labute approximate surface area is 113 Å². The molecule has 4 heteroatoms. The fourth-order valence-corrected chi connectivity index (χ4v) is 2.22. The second kappa shape index (κ2) is 5.89. The van der Waals surface area contributed by atoms with Crippen LogP contribution in [0.2, 0.25) is 0 Å². The van der Waals surface area contributed by atoms with Crippen LogP contribution >= 0.6 is 0 Å². The Morgan fingerprint density at radius 1 is 1.37 bits per heavy atom. The molecule has 1 amide bonds. The molecule has 19 heavy (non-hydrogen) atoms. The Morgan fingerprint density at radius 2 is 2.11 bits per heavy atom. The van der Waals surface area contributed by atoms with Crippen LogP contribution in [0.1, 0.15) is 18.2 Å². The molecule has 102 valence electrons. The number of likely N-dealkylation sites (N-methyl/N-ethyl adjacent to an activating group) is 2. The first-order valence-electron chi connectivity index (χ1n) is 6.55. The molecule has 2 aromatic rings. The zero-order chi connectivity index (χ0) is 13.8. The third kappa shape index (κ3) is 2.79. The van der Waals surface area contributed by atoms with Gasteiger partial charge in [-0.05, 0) is 13.1 Å². The van der Waals surface area contributed by atoms with E-state index in [2.05, 4.69) is 12.2 Å². The van der Waals surface area contributed by atoms with Crippen molar-refractivity contribution in [2.24, 2.45) is 0 Å². The van der Waals surface area contributed by atoms with Crippen molar-refractivity contribution in [1.29, 1.82) is 0 Å². The van der Waals surface area contributed by atoms with Crippen LogP contribution in [-0.2, 0) is 17.8 Å². The van der Waals surface area contributed by atoms with E-state index in [1.165, 1.54) is 0 Å². The zero-order valence-corrected chi connectivity index (χ0v) is 11.7. The maximum Gasteiger partial charge on any atom is 0.236 e. The zero-order valence-electron chi connectivity index (χ0n) is 11.7. The van der Waals surface area contributed by atoms with E-state index in [0.29, 0.717) is 13.1 Å². The molecule has 0 atom stereocenters. The molecular formula is C15H20N2O2. The third-order valence-corrected chi connectivity index (χ3v) is 3.25. The van der Waals surface area contributed by atoms with Crippen molar-refractivity contribution in [1.82, 2.24) is 10.2 Å². The van der Waals surface area contributed by atoms with Crippen LogP contribution in [0, 0.1) is 0 Å². The van der Waals surface area contributed by atoms with Crippen molar-refractivity contribution in [2.75, 3.05) is 20.6 Å². The minimum Gasteiger partial charge on any atom is -0.461 e. The van der Waals surface area contributed by atoms with E-state index in [1.54, 1.807) is 11.9 Å². The first-order valence-corrected chi connectivity index (χ1v) is 6.55. The number of aryl methyl sites for hydroxylation is 1. The Balaban J connectivity index is 2.30. The van der Waals surface area contributed by atoms with Crippen LogP contribution in [-0.4, -0.2) is 31.4 Å². The monoisotopic (exact) mass is 260 g/mol. The lowest BCUT2D eigenvalue weighted by atomic mass is 10.1. The van der Waals surface area contributed by atoms with E-state index in [4.69, 9.17) is 4.42 Å². The van der Waals surface area contributed by atoms with Gasteiger partial charge >= 0.3 is 0 Å². The number of hydrogen-bond acceptors (Lipinski definition) is 3. The van der Waals surface area contributed by atoms with Gasteiger partial charge in [0.1, 0.15) is 11.3 Å². The van der Waals surface area contributed by atoms with Crippen molar-refractivity contribution >= 4 is 16.9 Å². The van der Waals surface area contributed by atoms with Gasteiger partial charge in [0.25, 0.3) is 0 Å². The summed E-state index contributed by atoms with van der Waals surface area (Å²) < 4.78 is 5.84. The summed E-state index contributed by atoms with van der Waals surface area (Å²) in [6.45, 7) is 3.01. The topological polar surface area (TPSA) is 45.5 Å². The lowest BCUT2D eigenvalue weighted by Crippen LogP contribution is -2.33. The highest BCUT2D eigenvalue weighted by atomic mass is 16.3. The second-order valence-corrected chi connectivity index (χ2v) is 4.63. The average Bonchev–Trinajstić information content (AvgIpc) is 2.77. The molecule has 1 N–H and O–H groups in total. The van der Waals surface area contributed by atoms with Crippen molar-refractivity contribution in [3.05, 3.63) is 35.6 Å². The molecule has 4 nitrogen and oxygen atoms in total. The summed E-state index contributed by atoms with van der Waals surface area (Å²) in [5, 5.41) is 3.98. The molecular weight excluding hydrogens is 240 g/mol. The molecule has 0 saturated heterocycles. The standard InChI is InChI=1S/C15H20N2O2/c1-4-13-12(10-17(3)15(18)9-16-2)11-7-5-6-8-14(11)19-13/h5-8,16H,4,9-10H2,1-3H3. The SMILES string of the molecule is CCc1oc2ccccc2c1CN(C)C(=O)CNC. The third-order valence-electron chi connectivity index (χ3n) is 3.25. The van der Waals surface area contributed by atoms with Gasteiger partial charge in [0.15, 0.2) is 0 Å². The summed E-state index contributed by atoms with van der Waals surface area (Å²) in [5.74, 6) is 1.04. The summed E-state index contributed by atoms with van der Waals surface area (Å²) in [6.07, 6.45) is 0.831. The smallest absolute Gasteiger partial charge is 0.236 e. The number of furan rings is 1. The molecule has 1 aromatic carbocycles. The molecule has 0 saturated carbocycles. The predicted molar refractivity (Wildman–Crippen MR) is 76.0 cm³/mol. The van der Waals surface area contributed by atoms with Crippen LogP contribution < -0.4 is 5.32 Å². The molecule has 0 spiro atoms. The van der Waals surface area contributed by atoms with Gasteiger partial charge in [-0.3, -0.25) is 4.79 Å². The summed E-state index contributed by atoms with van der Waals surface area (Å²) in [4.78, 5) is 13.6. The first-order chi connectivity index (χ1) is 9.17. The van der Waals surface area contributed by atoms with Gasteiger partial charge in [0.05, 0.1) is 6.54 Å². The molecule has 1 heterocycles. The summed E-state index contributed by atoms with van der Waals surface area (Å²) in [5.41, 5.74) is 2.01. The van der Waals surface area contributed by atoms with E-state index in [-0.39, 0.29) is 5.91 Å². The summed E-state index contributed by atoms with van der Waals surface area (Å²) in [7, 11) is 3.59. The Bertz CT molecular complexity index is 575. The van der Waals surface area contributed by atoms with Crippen molar-refractivity contribution in [2.45, 2.75) is 19.9 Å². The molecule has 0 bridgehead atoms. The molecule has 0 radical (unpaired) electrons. The van der Waals surface area contributed by atoms with Gasteiger partial charge in [0, 0.05) is 31.0 Å². The fourth-order valence-electron chi connectivity index (χ4n) is 2.22. The van der Waals surface area contributed by atoms with E-state index in [1.807, 2.05) is 31.3 Å². The number of para-hydroxylation sites is 1. The molecule has 0 aliphatic rings. The maximum atomic E-state index is 11.8. The van der Waals surface area contributed by atoms with Crippen LogP contribution in [0.25, 0.3) is 11.0 Å². The lowest BCUT2D eigenvalue weighted by Gasteiger charge is -2.17. The van der Waals surface area contributed by atoms with Crippen molar-refractivity contribution < 1.29 is 9.21 Å². The van der Waals surface area contributed by atoms with Gasteiger partial charge in [-0.2, -0.15) is 0 Å². The number of nitrogens with zero attached hydrogens (tertiary/aromatic N) is 1. The van der Waals surface area contributed by atoms with Gasteiger partial charge in [-0.15, -0.1) is 0 Å². The maximum absolute atomic E-state index is 11.8. The number of nitrogens with one attached hydrogen (secondary N) is 1. The number of rotatable bonds is 5. The number of fused-ring (bicyclic) bond motifs is 1. The van der Waals surface area contributed by atoms with Crippen molar-refractivity contribution in [3.63, 3.8) is 0 Å². The average molecular weight is 260 g/mol. The van der Waals surface area contributed by atoms with Crippen LogP contribution in [0.4, 0.5) is 0 Å². The number of hydrogen-bond donors (Lipinski definition) is 1. The van der Waals surface area contributed by atoms with E-state index < -0.39 is 0 Å². The Hall–Kier alpha value is -1.81. The Morgan fingerprint density at radius 3 is 2.79 bits per heavy atom. The lowest BCUT2D eigenvalue weighted by molar-refractivity contribution is -0.129. The molecule has 0 aliphatic carbocycles. The number of amides is 1. The van der Waals surface area contributed by atoms with Crippen LogP contribution in [0.15, 0.2) is 28.7 Å². The van der Waals surface area contributed by atoms with Gasteiger partial charge in [-0.1, -0.05) is 25.1 Å². The molecule has 1 aromatic heterocycles. The first kappa shape index (κ1) is 13.6. The highest BCUT2D eigenvalue weighted by Crippen LogP contribution is 2.27. The van der Waals surface area contributed by atoms with Crippen LogP contribution in [0.5, 0.6) is 0 Å². The van der Waals surface area contributed by atoms with E-state index in [9.17, 15) is 4.79 Å². The molecule has 0 unspecified atom stereocenters. The molecule has 0 fully saturated rings. The highest BCUT2D eigenvalue weighted by Gasteiger charge is 2.16. The van der Waals surface area contributed by atoms with E-state index in [0.717, 1.165) is 28.7 Å². The van der Waals surface area contributed by atoms with Gasteiger partial charge in [0.2, 0.25) is 5.91 Å². The fraction of sp³-hybridized carbons (Fsp3) is 0.400. The number of carbonyl (C=O) groups is 1. The summed E-state index contributed by atoms with van der Waals surface area (Å²) in [6, 6.07) is 7.97. The van der Waals surface area contributed by atoms with Crippen LogP contribution in [0.3, 0.4) is 0 Å². The molecule has 2 rings (SSSR count). The second-order valence-electron chi connectivity index (χ2n) is 4.63. The quantitative estimate of drug-likeness (QED) is 0.896. The largest absolute Gasteiger partial charge is 0.461 e. The number of carbonyl (C=O) groups excluding carboxylic acids is 1. The Kier molecular flexibility index (Phi) is 4.22. The minimum absolute atomic E-state index is 0.0786. The minimum atomic E-state index is 0.0786. The summed E-state index contributed by atoms with van der Waals surface area (Å²) >= 11 is 0. The molecule has 0 aliphatic heterocycles. The van der Waals surface area contributed by atoms with Gasteiger partial charge < -0.3 is 14.6 Å². The predicted octanol–water partition coefficient (Wildman–Crippen LogP) is 2.17. The van der Waals surface area contributed by atoms with Crippen molar-refractivity contribution in [3.8, 4) is 0 Å². The normalized spacial score (nSPS) is 10.9.